The second-order valence-electron chi connectivity index (χ2n) is 6.90. The Morgan fingerprint density at radius 3 is 2.83 bits per heavy atom. The molecule has 1 atom stereocenters. The number of amides is 1. The van der Waals surface area contributed by atoms with Crippen LogP contribution in [-0.2, 0) is 20.7 Å². The summed E-state index contributed by atoms with van der Waals surface area (Å²) in [7, 11) is 1.72. The first-order valence-corrected chi connectivity index (χ1v) is 9.38. The Labute approximate surface area is 168 Å². The van der Waals surface area contributed by atoms with Gasteiger partial charge in [-0.3, -0.25) is 14.9 Å². The van der Waals surface area contributed by atoms with Gasteiger partial charge >= 0.3 is 5.97 Å². The molecule has 1 amide bonds. The van der Waals surface area contributed by atoms with Crippen molar-refractivity contribution in [1.82, 2.24) is 4.90 Å². The van der Waals surface area contributed by atoms with Gasteiger partial charge < -0.3 is 9.64 Å². The summed E-state index contributed by atoms with van der Waals surface area (Å²) < 4.78 is 5.05. The lowest BCUT2D eigenvalue weighted by molar-refractivity contribution is -0.384. The van der Waals surface area contributed by atoms with E-state index < -0.39 is 10.9 Å². The van der Waals surface area contributed by atoms with Gasteiger partial charge in [0.15, 0.2) is 6.61 Å². The zero-order chi connectivity index (χ0) is 20.8. The Morgan fingerprint density at radius 2 is 2.03 bits per heavy atom. The number of esters is 1. The van der Waals surface area contributed by atoms with Gasteiger partial charge in [-0.2, -0.15) is 0 Å². The standard InChI is InChI=1S/C22H22N2O5/c1-23(20-11-5-8-17-7-2-3-10-19(17)20)21(25)15-29-22(26)13-12-16-6-4-9-18(14-16)24(27)28/h2-4,6-7,9-10,12-14,20H,5,8,11,15H2,1H3/b13-12+. The van der Waals surface area contributed by atoms with Gasteiger partial charge in [-0.15, -0.1) is 0 Å². The van der Waals surface area contributed by atoms with Gasteiger partial charge in [-0.25, -0.2) is 4.79 Å². The highest BCUT2D eigenvalue weighted by Crippen LogP contribution is 2.33. The topological polar surface area (TPSA) is 89.8 Å². The number of nitrogens with zero attached hydrogens (tertiary/aromatic N) is 2. The molecule has 1 unspecified atom stereocenters. The van der Waals surface area contributed by atoms with Gasteiger partial charge in [0, 0.05) is 25.3 Å². The van der Waals surface area contributed by atoms with Crippen molar-refractivity contribution in [1.29, 1.82) is 0 Å². The minimum Gasteiger partial charge on any atom is -0.452 e. The maximum Gasteiger partial charge on any atom is 0.331 e. The summed E-state index contributed by atoms with van der Waals surface area (Å²) in [5, 5.41) is 10.8. The zero-order valence-electron chi connectivity index (χ0n) is 16.1. The molecule has 0 fully saturated rings. The van der Waals surface area contributed by atoms with Crippen LogP contribution in [0.3, 0.4) is 0 Å². The minimum atomic E-state index is -0.678. The fourth-order valence-electron chi connectivity index (χ4n) is 3.49. The average Bonchev–Trinajstić information content (AvgIpc) is 2.75. The normalized spacial score (nSPS) is 15.6. The smallest absolute Gasteiger partial charge is 0.331 e. The Kier molecular flexibility index (Phi) is 6.39. The number of fused-ring (bicyclic) bond motifs is 1. The predicted octanol–water partition coefficient (Wildman–Crippen LogP) is 3.69. The summed E-state index contributed by atoms with van der Waals surface area (Å²) in [6, 6.07) is 13.9. The Hall–Kier alpha value is -3.48. The highest BCUT2D eigenvalue weighted by molar-refractivity contribution is 5.89. The molecular formula is C22H22N2O5. The molecule has 7 heteroatoms. The van der Waals surface area contributed by atoms with E-state index >= 15 is 0 Å². The van der Waals surface area contributed by atoms with E-state index in [9.17, 15) is 19.7 Å². The summed E-state index contributed by atoms with van der Waals surface area (Å²) >= 11 is 0. The van der Waals surface area contributed by atoms with Gasteiger partial charge in [-0.05, 0) is 42.0 Å². The Morgan fingerprint density at radius 1 is 1.24 bits per heavy atom. The molecule has 0 saturated heterocycles. The number of hydrogen-bond acceptors (Lipinski definition) is 5. The van der Waals surface area contributed by atoms with E-state index in [1.54, 1.807) is 18.0 Å². The lowest BCUT2D eigenvalue weighted by Gasteiger charge is -2.33. The molecular weight excluding hydrogens is 372 g/mol. The highest BCUT2D eigenvalue weighted by atomic mass is 16.6. The molecule has 29 heavy (non-hydrogen) atoms. The van der Waals surface area contributed by atoms with E-state index in [-0.39, 0.29) is 24.2 Å². The molecule has 2 aromatic carbocycles. The lowest BCUT2D eigenvalue weighted by Crippen LogP contribution is -2.36. The van der Waals surface area contributed by atoms with E-state index in [2.05, 4.69) is 6.07 Å². The fourth-order valence-corrected chi connectivity index (χ4v) is 3.49. The summed E-state index contributed by atoms with van der Waals surface area (Å²) in [5.41, 5.74) is 2.83. The van der Waals surface area contributed by atoms with Crippen LogP contribution >= 0.6 is 0 Å². The number of aryl methyl sites for hydroxylation is 1. The quantitative estimate of drug-likeness (QED) is 0.323. The van der Waals surface area contributed by atoms with Crippen LogP contribution < -0.4 is 0 Å². The van der Waals surface area contributed by atoms with Crippen molar-refractivity contribution in [2.75, 3.05) is 13.7 Å². The number of carbonyl (C=O) groups is 2. The average molecular weight is 394 g/mol. The molecule has 3 rings (SSSR count). The number of benzene rings is 2. The van der Waals surface area contributed by atoms with Gasteiger partial charge in [-0.1, -0.05) is 36.4 Å². The van der Waals surface area contributed by atoms with Crippen molar-refractivity contribution in [2.45, 2.75) is 25.3 Å². The third kappa shape index (κ3) is 5.07. The fraction of sp³-hybridized carbons (Fsp3) is 0.273. The SMILES string of the molecule is CN(C(=O)COC(=O)/C=C/c1cccc([N+](=O)[O-])c1)C1CCCc2ccccc21. The van der Waals surface area contributed by atoms with Crippen LogP contribution in [0, 0.1) is 10.1 Å². The van der Waals surface area contributed by atoms with E-state index in [1.165, 1.54) is 29.8 Å². The van der Waals surface area contributed by atoms with Crippen LogP contribution in [-0.4, -0.2) is 35.4 Å². The number of rotatable bonds is 6. The van der Waals surface area contributed by atoms with E-state index in [4.69, 9.17) is 4.74 Å². The van der Waals surface area contributed by atoms with E-state index in [0.717, 1.165) is 30.9 Å². The number of likely N-dealkylation sites (N-methyl/N-ethyl adjacent to an activating group) is 1. The van der Waals surface area contributed by atoms with Crippen molar-refractivity contribution in [2.24, 2.45) is 0 Å². The van der Waals surface area contributed by atoms with Crippen LogP contribution in [0.5, 0.6) is 0 Å². The summed E-state index contributed by atoms with van der Waals surface area (Å²) in [6.45, 7) is -0.354. The predicted molar refractivity (Wildman–Crippen MR) is 108 cm³/mol. The molecule has 150 valence electrons. The molecule has 0 heterocycles. The Balaban J connectivity index is 1.56. The maximum atomic E-state index is 12.5. The molecule has 0 bridgehead atoms. The van der Waals surface area contributed by atoms with Crippen LogP contribution in [0.25, 0.3) is 6.08 Å². The zero-order valence-corrected chi connectivity index (χ0v) is 16.1. The van der Waals surface area contributed by atoms with Gasteiger partial charge in [0.1, 0.15) is 0 Å². The van der Waals surface area contributed by atoms with Gasteiger partial charge in [0.05, 0.1) is 11.0 Å². The number of nitro benzene ring substituents is 1. The summed E-state index contributed by atoms with van der Waals surface area (Å²) in [6.07, 6.45) is 5.46. The van der Waals surface area contributed by atoms with Crippen LogP contribution in [0.4, 0.5) is 5.69 Å². The third-order valence-electron chi connectivity index (χ3n) is 5.03. The summed E-state index contributed by atoms with van der Waals surface area (Å²) in [4.78, 5) is 36.3. The van der Waals surface area contributed by atoms with Gasteiger partial charge in [0.25, 0.3) is 11.6 Å². The molecule has 0 N–H and O–H groups in total. The third-order valence-corrected chi connectivity index (χ3v) is 5.03. The van der Waals surface area contributed by atoms with Crippen LogP contribution in [0.2, 0.25) is 0 Å². The van der Waals surface area contributed by atoms with Gasteiger partial charge in [0.2, 0.25) is 0 Å². The van der Waals surface area contributed by atoms with E-state index in [0.29, 0.717) is 5.56 Å². The molecule has 0 radical (unpaired) electrons. The number of nitro groups is 1. The lowest BCUT2D eigenvalue weighted by atomic mass is 9.87. The first kappa shape index (κ1) is 20.3. The van der Waals surface area contributed by atoms with Crippen molar-refractivity contribution in [3.8, 4) is 0 Å². The van der Waals surface area contributed by atoms with Crippen LogP contribution in [0.15, 0.2) is 54.6 Å². The number of hydrogen-bond donors (Lipinski definition) is 0. The molecule has 2 aromatic rings. The molecule has 1 aliphatic carbocycles. The molecule has 1 aliphatic rings. The monoisotopic (exact) mass is 394 g/mol. The van der Waals surface area contributed by atoms with Crippen molar-refractivity contribution in [3.63, 3.8) is 0 Å². The molecule has 0 spiro atoms. The first-order chi connectivity index (χ1) is 14.0. The van der Waals surface area contributed by atoms with Crippen molar-refractivity contribution in [3.05, 3.63) is 81.4 Å². The number of carbonyl (C=O) groups excluding carboxylic acids is 2. The maximum absolute atomic E-state index is 12.5. The molecule has 0 saturated carbocycles. The van der Waals surface area contributed by atoms with Crippen LogP contribution in [0.1, 0.15) is 35.6 Å². The highest BCUT2D eigenvalue weighted by Gasteiger charge is 2.26. The first-order valence-electron chi connectivity index (χ1n) is 9.38. The molecule has 7 nitrogen and oxygen atoms in total. The second-order valence-corrected chi connectivity index (χ2v) is 6.90. The summed E-state index contributed by atoms with van der Waals surface area (Å²) in [5.74, 6) is -0.953. The molecule has 0 aliphatic heterocycles. The Bertz CT molecular complexity index is 954. The number of ether oxygens (including phenoxy) is 1. The van der Waals surface area contributed by atoms with E-state index in [1.807, 2.05) is 18.2 Å². The number of non-ortho nitro benzene ring substituents is 1. The molecule has 0 aromatic heterocycles. The minimum absolute atomic E-state index is 0.0217. The van der Waals surface area contributed by atoms with Crippen molar-refractivity contribution < 1.29 is 19.2 Å². The second kappa shape index (κ2) is 9.14. The van der Waals surface area contributed by atoms with Crippen molar-refractivity contribution >= 4 is 23.6 Å². The largest absolute Gasteiger partial charge is 0.452 e.